The zero-order chi connectivity index (χ0) is 12.1. The highest BCUT2D eigenvalue weighted by Crippen LogP contribution is 2.09. The highest BCUT2D eigenvalue weighted by atomic mass is 19.1. The first-order valence-electron chi connectivity index (χ1n) is 5.57. The Morgan fingerprint density at radius 3 is 2.31 bits per heavy atom. The molecule has 1 amide bonds. The van der Waals surface area contributed by atoms with E-state index < -0.39 is 0 Å². The first-order valence-corrected chi connectivity index (χ1v) is 5.57. The van der Waals surface area contributed by atoms with Crippen LogP contribution >= 0.6 is 0 Å². The van der Waals surface area contributed by atoms with Gasteiger partial charge in [-0.2, -0.15) is 0 Å². The molecule has 0 N–H and O–H groups in total. The van der Waals surface area contributed by atoms with E-state index in [4.69, 9.17) is 0 Å². The second-order valence-electron chi connectivity index (χ2n) is 4.13. The maximum atomic E-state index is 12.7. The van der Waals surface area contributed by atoms with Crippen molar-refractivity contribution in [2.45, 2.75) is 27.3 Å². The molecule has 0 saturated heterocycles. The Hall–Kier alpha value is -1.38. The Morgan fingerprint density at radius 1 is 1.31 bits per heavy atom. The van der Waals surface area contributed by atoms with Crippen LogP contribution in [0, 0.1) is 11.7 Å². The predicted molar refractivity (Wildman–Crippen MR) is 62.3 cm³/mol. The smallest absolute Gasteiger partial charge is 0.225 e. The molecule has 0 atom stereocenters. The number of nitrogens with zero attached hydrogens (tertiary/aromatic N) is 1. The molecular formula is C13H18FNO. The van der Waals surface area contributed by atoms with Crippen LogP contribution in [0.2, 0.25) is 0 Å². The van der Waals surface area contributed by atoms with Crippen LogP contribution in [0.4, 0.5) is 4.39 Å². The number of carbonyl (C=O) groups excluding carboxylic acids is 1. The van der Waals surface area contributed by atoms with E-state index in [2.05, 4.69) is 0 Å². The second-order valence-corrected chi connectivity index (χ2v) is 4.13. The molecule has 0 saturated carbocycles. The van der Waals surface area contributed by atoms with E-state index >= 15 is 0 Å². The van der Waals surface area contributed by atoms with E-state index in [9.17, 15) is 9.18 Å². The topological polar surface area (TPSA) is 20.3 Å². The minimum atomic E-state index is -0.248. The summed E-state index contributed by atoms with van der Waals surface area (Å²) < 4.78 is 12.7. The van der Waals surface area contributed by atoms with Crippen molar-refractivity contribution in [2.75, 3.05) is 6.54 Å². The number of hydrogen-bond acceptors (Lipinski definition) is 1. The van der Waals surface area contributed by atoms with Gasteiger partial charge in [0.2, 0.25) is 5.91 Å². The van der Waals surface area contributed by atoms with Gasteiger partial charge < -0.3 is 4.90 Å². The molecule has 0 fully saturated rings. The van der Waals surface area contributed by atoms with Crippen molar-refractivity contribution in [3.05, 3.63) is 35.6 Å². The first-order chi connectivity index (χ1) is 7.54. The van der Waals surface area contributed by atoms with Crippen molar-refractivity contribution in [2.24, 2.45) is 5.92 Å². The monoisotopic (exact) mass is 223 g/mol. The van der Waals surface area contributed by atoms with Gasteiger partial charge in [0.1, 0.15) is 5.82 Å². The molecule has 88 valence electrons. The maximum absolute atomic E-state index is 12.7. The average molecular weight is 223 g/mol. The van der Waals surface area contributed by atoms with Gasteiger partial charge in [-0.1, -0.05) is 26.0 Å². The third-order valence-electron chi connectivity index (χ3n) is 2.47. The Kier molecular flexibility index (Phi) is 4.47. The largest absolute Gasteiger partial charge is 0.338 e. The van der Waals surface area contributed by atoms with Crippen molar-refractivity contribution >= 4 is 5.91 Å². The SMILES string of the molecule is CCN(Cc1ccc(F)cc1)C(=O)C(C)C. The lowest BCUT2D eigenvalue weighted by Crippen LogP contribution is -2.33. The zero-order valence-corrected chi connectivity index (χ0v) is 10.0. The molecule has 0 heterocycles. The fourth-order valence-corrected chi connectivity index (χ4v) is 1.52. The molecule has 0 radical (unpaired) electrons. The highest BCUT2D eigenvalue weighted by molar-refractivity contribution is 5.78. The van der Waals surface area contributed by atoms with E-state index in [1.807, 2.05) is 20.8 Å². The summed E-state index contributed by atoms with van der Waals surface area (Å²) in [5, 5.41) is 0. The van der Waals surface area contributed by atoms with E-state index in [1.165, 1.54) is 12.1 Å². The van der Waals surface area contributed by atoms with Crippen LogP contribution in [-0.2, 0) is 11.3 Å². The van der Waals surface area contributed by atoms with Gasteiger partial charge in [-0.05, 0) is 24.6 Å². The van der Waals surface area contributed by atoms with Gasteiger partial charge in [-0.25, -0.2) is 4.39 Å². The summed E-state index contributed by atoms with van der Waals surface area (Å²) in [6.07, 6.45) is 0. The fraction of sp³-hybridized carbons (Fsp3) is 0.462. The standard InChI is InChI=1S/C13H18FNO/c1-4-15(13(16)10(2)3)9-11-5-7-12(14)8-6-11/h5-8,10H,4,9H2,1-3H3. The summed E-state index contributed by atoms with van der Waals surface area (Å²) >= 11 is 0. The lowest BCUT2D eigenvalue weighted by atomic mass is 10.1. The Morgan fingerprint density at radius 2 is 1.88 bits per heavy atom. The second kappa shape index (κ2) is 5.64. The third kappa shape index (κ3) is 3.33. The van der Waals surface area contributed by atoms with Gasteiger partial charge in [0.05, 0.1) is 0 Å². The summed E-state index contributed by atoms with van der Waals surface area (Å²) in [6.45, 7) is 6.94. The van der Waals surface area contributed by atoms with E-state index in [0.29, 0.717) is 13.1 Å². The molecule has 1 rings (SSSR count). The molecule has 0 spiro atoms. The number of benzene rings is 1. The molecule has 0 aromatic heterocycles. The lowest BCUT2D eigenvalue weighted by molar-refractivity contribution is -0.134. The first kappa shape index (κ1) is 12.7. The summed E-state index contributed by atoms with van der Waals surface area (Å²) in [7, 11) is 0. The summed E-state index contributed by atoms with van der Waals surface area (Å²) in [5.41, 5.74) is 0.956. The van der Waals surface area contributed by atoms with Gasteiger partial charge in [0.25, 0.3) is 0 Å². The van der Waals surface area contributed by atoms with Crippen molar-refractivity contribution in [3.63, 3.8) is 0 Å². The third-order valence-corrected chi connectivity index (χ3v) is 2.47. The van der Waals surface area contributed by atoms with Gasteiger partial charge in [0, 0.05) is 19.0 Å². The minimum absolute atomic E-state index is 0.000369. The lowest BCUT2D eigenvalue weighted by Gasteiger charge is -2.23. The summed E-state index contributed by atoms with van der Waals surface area (Å²) in [6, 6.07) is 6.27. The van der Waals surface area contributed by atoms with Crippen molar-refractivity contribution in [1.82, 2.24) is 4.90 Å². The van der Waals surface area contributed by atoms with Gasteiger partial charge >= 0.3 is 0 Å². The number of halogens is 1. The van der Waals surface area contributed by atoms with E-state index in [0.717, 1.165) is 5.56 Å². The number of carbonyl (C=O) groups is 1. The van der Waals surface area contributed by atoms with Crippen LogP contribution in [0.25, 0.3) is 0 Å². The van der Waals surface area contributed by atoms with Crippen molar-refractivity contribution in [1.29, 1.82) is 0 Å². The molecule has 2 nitrogen and oxygen atoms in total. The van der Waals surface area contributed by atoms with Crippen molar-refractivity contribution in [3.8, 4) is 0 Å². The van der Waals surface area contributed by atoms with Crippen LogP contribution in [0.5, 0.6) is 0 Å². The van der Waals surface area contributed by atoms with Crippen LogP contribution < -0.4 is 0 Å². The van der Waals surface area contributed by atoms with Crippen LogP contribution in [-0.4, -0.2) is 17.4 Å². The molecule has 1 aromatic carbocycles. The van der Waals surface area contributed by atoms with Crippen LogP contribution in [0.3, 0.4) is 0 Å². The molecule has 16 heavy (non-hydrogen) atoms. The quantitative estimate of drug-likeness (QED) is 0.768. The van der Waals surface area contributed by atoms with Crippen LogP contribution in [0.15, 0.2) is 24.3 Å². The normalized spacial score (nSPS) is 10.6. The van der Waals surface area contributed by atoms with Gasteiger partial charge in [-0.3, -0.25) is 4.79 Å². The Labute approximate surface area is 96.1 Å². The van der Waals surface area contributed by atoms with Gasteiger partial charge in [0.15, 0.2) is 0 Å². The van der Waals surface area contributed by atoms with Crippen molar-refractivity contribution < 1.29 is 9.18 Å². The fourth-order valence-electron chi connectivity index (χ4n) is 1.52. The number of rotatable bonds is 4. The molecule has 0 aliphatic heterocycles. The molecule has 0 aliphatic carbocycles. The zero-order valence-electron chi connectivity index (χ0n) is 10.0. The molecule has 0 bridgehead atoms. The molecule has 1 aromatic rings. The highest BCUT2D eigenvalue weighted by Gasteiger charge is 2.15. The summed E-state index contributed by atoms with van der Waals surface area (Å²) in [5.74, 6) is -0.116. The summed E-state index contributed by atoms with van der Waals surface area (Å²) in [4.78, 5) is 13.6. The minimum Gasteiger partial charge on any atom is -0.338 e. The molecule has 0 unspecified atom stereocenters. The van der Waals surface area contributed by atoms with E-state index in [-0.39, 0.29) is 17.6 Å². The van der Waals surface area contributed by atoms with E-state index in [1.54, 1.807) is 17.0 Å². The average Bonchev–Trinajstić information content (AvgIpc) is 2.27. The predicted octanol–water partition coefficient (Wildman–Crippen LogP) is 2.83. The van der Waals surface area contributed by atoms with Crippen LogP contribution in [0.1, 0.15) is 26.3 Å². The molecule has 0 aliphatic rings. The van der Waals surface area contributed by atoms with Gasteiger partial charge in [-0.15, -0.1) is 0 Å². The Balaban J connectivity index is 2.70. The maximum Gasteiger partial charge on any atom is 0.225 e. The molecular weight excluding hydrogens is 205 g/mol. The Bertz CT molecular complexity index is 345. The number of hydrogen-bond donors (Lipinski definition) is 0. The molecule has 3 heteroatoms. The number of amides is 1.